The van der Waals surface area contributed by atoms with Crippen LogP contribution in [0, 0.1) is 5.82 Å². The summed E-state index contributed by atoms with van der Waals surface area (Å²) < 4.78 is 35.8. The van der Waals surface area contributed by atoms with Gasteiger partial charge in [0, 0.05) is 24.7 Å². The Hall–Kier alpha value is -2.64. The van der Waals surface area contributed by atoms with Crippen LogP contribution in [0.15, 0.2) is 48.7 Å². The van der Waals surface area contributed by atoms with E-state index in [1.165, 1.54) is 6.07 Å². The number of nitrogens with one attached hydrogen (secondary N) is 2. The van der Waals surface area contributed by atoms with Crippen LogP contribution in [-0.4, -0.2) is 42.9 Å². The number of piperidine rings is 1. The van der Waals surface area contributed by atoms with E-state index in [1.807, 2.05) is 28.8 Å². The second-order valence-electron chi connectivity index (χ2n) is 7.24. The van der Waals surface area contributed by atoms with Crippen molar-refractivity contribution in [3.63, 3.8) is 0 Å². The summed E-state index contributed by atoms with van der Waals surface area (Å²) in [4.78, 5) is 12.9. The van der Waals surface area contributed by atoms with Gasteiger partial charge in [0.25, 0.3) is 5.91 Å². The number of halogens is 3. The third-order valence-electron chi connectivity index (χ3n) is 5.31. The second kappa shape index (κ2) is 9.45. The first-order valence-corrected chi connectivity index (χ1v) is 9.62. The van der Waals surface area contributed by atoms with E-state index in [0.29, 0.717) is 25.0 Å². The molecule has 2 heterocycles. The van der Waals surface area contributed by atoms with Crippen LogP contribution < -0.4 is 15.4 Å². The molecular weight excluding hydrogens is 412 g/mol. The zero-order valence-electron chi connectivity index (χ0n) is 16.5. The minimum Gasteiger partial charge on any atom is -0.497 e. The molecule has 1 saturated heterocycles. The first-order chi connectivity index (χ1) is 14.1. The molecule has 1 fully saturated rings. The first kappa shape index (κ1) is 22.1. The Balaban J connectivity index is 0.00000256. The van der Waals surface area contributed by atoms with Crippen molar-refractivity contribution in [2.24, 2.45) is 0 Å². The summed E-state index contributed by atoms with van der Waals surface area (Å²) >= 11 is 0. The summed E-state index contributed by atoms with van der Waals surface area (Å²) in [6.07, 6.45) is 0.969. The number of rotatable bonds is 5. The molecule has 0 saturated carbocycles. The lowest BCUT2D eigenvalue weighted by atomic mass is 10.0. The molecule has 1 aliphatic heterocycles. The van der Waals surface area contributed by atoms with Crippen molar-refractivity contribution in [1.82, 2.24) is 15.2 Å². The van der Waals surface area contributed by atoms with Crippen LogP contribution in [0.3, 0.4) is 0 Å². The summed E-state index contributed by atoms with van der Waals surface area (Å²) in [6, 6.07) is 11.7. The van der Waals surface area contributed by atoms with Crippen molar-refractivity contribution >= 4 is 29.2 Å². The highest BCUT2D eigenvalue weighted by Gasteiger charge is 2.28. The van der Waals surface area contributed by atoms with Gasteiger partial charge in [-0.3, -0.25) is 4.79 Å². The molecule has 0 radical (unpaired) electrons. The van der Waals surface area contributed by atoms with Gasteiger partial charge in [-0.1, -0.05) is 18.2 Å². The fourth-order valence-corrected chi connectivity index (χ4v) is 3.81. The largest absolute Gasteiger partial charge is 0.497 e. The number of carbonyl (C=O) groups is 1. The molecule has 0 aliphatic carbocycles. The number of carbonyl (C=O) groups excluding carboxylic acids is 1. The van der Waals surface area contributed by atoms with Gasteiger partial charge >= 0.3 is 0 Å². The van der Waals surface area contributed by atoms with Gasteiger partial charge in [-0.2, -0.15) is 0 Å². The summed E-state index contributed by atoms with van der Waals surface area (Å²) in [7, 11) is 1.60. The summed E-state index contributed by atoms with van der Waals surface area (Å²) in [5, 5.41) is 5.95. The van der Waals surface area contributed by atoms with Crippen molar-refractivity contribution in [2.45, 2.75) is 25.2 Å². The van der Waals surface area contributed by atoms with E-state index in [4.69, 9.17) is 4.74 Å². The Morgan fingerprint density at radius 2 is 2.10 bits per heavy atom. The maximum Gasteiger partial charge on any atom is 0.253 e. The number of hydrogen-bond acceptors (Lipinski definition) is 3. The standard InChI is InChI=1S/C22H23F2N3O2.ClH/c1-29-15-5-2-4-14(10-15)12-27-13-16(21-17(23)6-3-7-20(21)27)22(28)26-19-8-9-25-11-18(19)24;/h2-7,10,13,18-19,25H,8-9,11-12H2,1H3,(H,26,28);1H/t18-,19+;/m1./s1. The van der Waals surface area contributed by atoms with Gasteiger partial charge in [-0.25, -0.2) is 8.78 Å². The van der Waals surface area contributed by atoms with Crippen molar-refractivity contribution < 1.29 is 18.3 Å². The Labute approximate surface area is 179 Å². The number of benzene rings is 2. The molecule has 30 heavy (non-hydrogen) atoms. The molecule has 2 atom stereocenters. The monoisotopic (exact) mass is 435 g/mol. The van der Waals surface area contributed by atoms with E-state index in [9.17, 15) is 13.6 Å². The Bertz CT molecular complexity index is 1040. The molecule has 5 nitrogen and oxygen atoms in total. The highest BCUT2D eigenvalue weighted by Crippen LogP contribution is 2.26. The highest BCUT2D eigenvalue weighted by atomic mass is 35.5. The van der Waals surface area contributed by atoms with Gasteiger partial charge in [-0.05, 0) is 42.8 Å². The summed E-state index contributed by atoms with van der Waals surface area (Å²) in [5.41, 5.74) is 1.78. The Morgan fingerprint density at radius 3 is 2.87 bits per heavy atom. The minimum atomic E-state index is -1.16. The number of nitrogens with zero attached hydrogens (tertiary/aromatic N) is 1. The average molecular weight is 436 g/mol. The quantitative estimate of drug-likeness (QED) is 0.642. The van der Waals surface area contributed by atoms with E-state index in [-0.39, 0.29) is 29.9 Å². The van der Waals surface area contributed by atoms with Crippen LogP contribution >= 0.6 is 12.4 Å². The van der Waals surface area contributed by atoms with Gasteiger partial charge in [0.15, 0.2) is 0 Å². The third kappa shape index (κ3) is 4.42. The smallest absolute Gasteiger partial charge is 0.253 e. The third-order valence-corrected chi connectivity index (χ3v) is 5.31. The second-order valence-corrected chi connectivity index (χ2v) is 7.24. The molecule has 2 N–H and O–H groups in total. The van der Waals surface area contributed by atoms with Gasteiger partial charge in [-0.15, -0.1) is 12.4 Å². The molecule has 160 valence electrons. The average Bonchev–Trinajstić information content (AvgIpc) is 3.10. The zero-order valence-corrected chi connectivity index (χ0v) is 17.3. The van der Waals surface area contributed by atoms with Crippen molar-refractivity contribution in [3.8, 4) is 5.75 Å². The molecular formula is C22H24ClF2N3O2. The maximum atomic E-state index is 14.6. The molecule has 0 spiro atoms. The number of alkyl halides is 1. The van der Waals surface area contributed by atoms with E-state index in [2.05, 4.69) is 10.6 Å². The molecule has 0 bridgehead atoms. The number of fused-ring (bicyclic) bond motifs is 1. The van der Waals surface area contributed by atoms with Crippen LogP contribution in [-0.2, 0) is 6.54 Å². The molecule has 1 aromatic heterocycles. The van der Waals surface area contributed by atoms with E-state index in [1.54, 1.807) is 25.4 Å². The normalized spacial score (nSPS) is 18.6. The molecule has 3 aromatic rings. The topological polar surface area (TPSA) is 55.3 Å². The predicted octanol–water partition coefficient (Wildman–Crippen LogP) is 3.69. The van der Waals surface area contributed by atoms with E-state index < -0.39 is 23.9 Å². The van der Waals surface area contributed by atoms with Gasteiger partial charge in [0.05, 0.1) is 24.2 Å². The number of ether oxygens (including phenoxy) is 1. The fraction of sp³-hybridized carbons (Fsp3) is 0.318. The van der Waals surface area contributed by atoms with Crippen molar-refractivity contribution in [1.29, 1.82) is 0 Å². The van der Waals surface area contributed by atoms with Crippen LogP contribution in [0.25, 0.3) is 10.9 Å². The lowest BCUT2D eigenvalue weighted by Gasteiger charge is -2.27. The lowest BCUT2D eigenvalue weighted by Crippen LogP contribution is -2.50. The van der Waals surface area contributed by atoms with Crippen LogP contribution in [0.4, 0.5) is 8.78 Å². The van der Waals surface area contributed by atoms with Gasteiger partial charge in [0.2, 0.25) is 0 Å². The van der Waals surface area contributed by atoms with E-state index >= 15 is 0 Å². The van der Waals surface area contributed by atoms with Crippen molar-refractivity contribution in [3.05, 3.63) is 65.6 Å². The lowest BCUT2D eigenvalue weighted by molar-refractivity contribution is 0.0893. The summed E-state index contributed by atoms with van der Waals surface area (Å²) in [5.74, 6) is -0.207. The van der Waals surface area contributed by atoms with Crippen LogP contribution in [0.1, 0.15) is 22.3 Å². The molecule has 4 rings (SSSR count). The number of aromatic nitrogens is 1. The number of methoxy groups -OCH3 is 1. The summed E-state index contributed by atoms with van der Waals surface area (Å²) in [6.45, 7) is 1.29. The SMILES string of the molecule is COc1cccc(Cn2cc(C(=O)N[C@H]3CCNC[C@H]3F)c3c(F)cccc32)c1.Cl. The highest BCUT2D eigenvalue weighted by molar-refractivity contribution is 6.07. The molecule has 1 aliphatic rings. The maximum absolute atomic E-state index is 14.6. The van der Waals surface area contributed by atoms with Crippen molar-refractivity contribution in [2.75, 3.05) is 20.2 Å². The molecule has 1 amide bonds. The van der Waals surface area contributed by atoms with Gasteiger partial charge in [0.1, 0.15) is 17.7 Å². The zero-order chi connectivity index (χ0) is 20.4. The first-order valence-electron chi connectivity index (χ1n) is 9.62. The predicted molar refractivity (Wildman–Crippen MR) is 115 cm³/mol. The van der Waals surface area contributed by atoms with Crippen LogP contribution in [0.2, 0.25) is 0 Å². The Kier molecular flexibility index (Phi) is 6.95. The number of amides is 1. The van der Waals surface area contributed by atoms with Crippen LogP contribution in [0.5, 0.6) is 5.75 Å². The van der Waals surface area contributed by atoms with E-state index in [0.717, 1.165) is 11.3 Å². The minimum absolute atomic E-state index is 0. The Morgan fingerprint density at radius 1 is 1.30 bits per heavy atom. The number of hydrogen-bond donors (Lipinski definition) is 2. The fourth-order valence-electron chi connectivity index (χ4n) is 3.81. The molecule has 0 unspecified atom stereocenters. The molecule has 8 heteroatoms. The molecule has 2 aromatic carbocycles. The van der Waals surface area contributed by atoms with Gasteiger partial charge < -0.3 is 19.9 Å².